The lowest BCUT2D eigenvalue weighted by atomic mass is 9.68. The van der Waals surface area contributed by atoms with E-state index in [1.54, 1.807) is 0 Å². The van der Waals surface area contributed by atoms with Crippen molar-refractivity contribution in [2.24, 2.45) is 11.8 Å². The summed E-state index contributed by atoms with van der Waals surface area (Å²) in [5.41, 5.74) is 0. The highest BCUT2D eigenvalue weighted by Crippen LogP contribution is 2.50. The molecule has 1 saturated heterocycles. The number of thioether (sulfide) groups is 2. The van der Waals surface area contributed by atoms with Crippen LogP contribution in [0.3, 0.4) is 0 Å². The van der Waals surface area contributed by atoms with Crippen molar-refractivity contribution in [3.8, 4) is 0 Å². The highest BCUT2D eigenvalue weighted by atomic mass is 35.5. The van der Waals surface area contributed by atoms with Gasteiger partial charge in [-0.05, 0) is 69.0 Å². The van der Waals surface area contributed by atoms with Gasteiger partial charge in [0.05, 0.1) is 21.8 Å². The minimum Gasteiger partial charge on any atom is -0.362 e. The molecule has 3 aliphatic carbocycles. The molecule has 0 amide bonds. The largest absolute Gasteiger partial charge is 0.362 e. The van der Waals surface area contributed by atoms with E-state index in [2.05, 4.69) is 15.6 Å². The van der Waals surface area contributed by atoms with Crippen LogP contribution in [0.25, 0.3) is 0 Å². The average Bonchev–Trinajstić information content (AvgIpc) is 3.35. The van der Waals surface area contributed by atoms with Gasteiger partial charge in [0.1, 0.15) is 6.54 Å². The second kappa shape index (κ2) is 12.1. The fourth-order valence-corrected chi connectivity index (χ4v) is 11.9. The first-order valence-corrected chi connectivity index (χ1v) is 19.4. The maximum atomic E-state index is 11.5. The molecule has 3 saturated carbocycles. The number of nitrogens with zero attached hydrogens (tertiary/aromatic N) is 2. The van der Waals surface area contributed by atoms with E-state index < -0.39 is 20.2 Å². The average molecular weight is 628 g/mol. The summed E-state index contributed by atoms with van der Waals surface area (Å²) in [5.74, 6) is 0.867. The maximum absolute atomic E-state index is 11.5. The summed E-state index contributed by atoms with van der Waals surface area (Å²) >= 11 is 10.3. The van der Waals surface area contributed by atoms with E-state index in [0.29, 0.717) is 48.4 Å². The van der Waals surface area contributed by atoms with E-state index >= 15 is 0 Å². The van der Waals surface area contributed by atoms with Crippen LogP contribution < -0.4 is 0 Å². The van der Waals surface area contributed by atoms with Crippen LogP contribution in [-0.4, -0.2) is 93.0 Å². The van der Waals surface area contributed by atoms with Gasteiger partial charge in [0.2, 0.25) is 5.04 Å². The molecule has 5 aliphatic rings. The number of fused-ring (bicyclic) bond motifs is 4. The molecule has 7 atom stereocenters. The summed E-state index contributed by atoms with van der Waals surface area (Å²) in [7, 11) is -8.03. The lowest BCUT2D eigenvalue weighted by Gasteiger charge is -2.40. The summed E-state index contributed by atoms with van der Waals surface area (Å²) in [6.45, 7) is 1.14. The summed E-state index contributed by atoms with van der Waals surface area (Å²) in [4.78, 5) is 2.31. The molecule has 7 unspecified atom stereocenters. The van der Waals surface area contributed by atoms with Gasteiger partial charge in [-0.25, -0.2) is 4.58 Å². The molecule has 5 rings (SSSR count). The summed E-state index contributed by atoms with van der Waals surface area (Å²) in [6.07, 6.45) is 13.3. The topological polar surface area (TPSA) is 115 Å². The van der Waals surface area contributed by atoms with E-state index in [9.17, 15) is 25.9 Å². The number of hydrogen-bond acceptors (Lipinski definition) is 7. The quantitative estimate of drug-likeness (QED) is 0.217. The molecule has 0 aromatic carbocycles. The van der Waals surface area contributed by atoms with Crippen molar-refractivity contribution in [2.45, 2.75) is 98.6 Å². The van der Waals surface area contributed by atoms with Crippen LogP contribution in [0.2, 0.25) is 0 Å². The van der Waals surface area contributed by atoms with Gasteiger partial charge in [-0.15, -0.1) is 23.4 Å². The predicted octanol–water partition coefficient (Wildman–Crippen LogP) is 4.46. The molecule has 38 heavy (non-hydrogen) atoms. The minimum absolute atomic E-state index is 0.108. The maximum Gasteiger partial charge on any atom is 0.265 e. The Hall–Kier alpha value is 0.0200. The number of hydrogen-bond donors (Lipinski definition) is 2. The molecule has 2 aliphatic heterocycles. The third kappa shape index (κ3) is 7.07. The van der Waals surface area contributed by atoms with Crippen molar-refractivity contribution in [2.75, 3.05) is 24.6 Å². The van der Waals surface area contributed by atoms with Crippen molar-refractivity contribution in [3.63, 3.8) is 0 Å². The summed E-state index contributed by atoms with van der Waals surface area (Å²) in [5, 5.41) is 3.30. The summed E-state index contributed by atoms with van der Waals surface area (Å²) < 4.78 is 66.9. The zero-order chi connectivity index (χ0) is 27.1. The van der Waals surface area contributed by atoms with Gasteiger partial charge in [0.25, 0.3) is 20.2 Å². The first-order valence-electron chi connectivity index (χ1n) is 14.0. The van der Waals surface area contributed by atoms with Crippen molar-refractivity contribution in [1.29, 1.82) is 0 Å². The van der Waals surface area contributed by atoms with Crippen LogP contribution in [0.15, 0.2) is 11.1 Å². The molecular formula is C25H40ClN2O6S4+. The first-order chi connectivity index (χ1) is 18.0. The molecule has 0 bridgehead atoms. The molecule has 0 spiro atoms. The van der Waals surface area contributed by atoms with E-state index in [-0.39, 0.29) is 22.9 Å². The number of halogens is 1. The van der Waals surface area contributed by atoms with Gasteiger partial charge in [-0.2, -0.15) is 16.8 Å². The predicted molar refractivity (Wildman–Crippen MR) is 155 cm³/mol. The van der Waals surface area contributed by atoms with Crippen LogP contribution >= 0.6 is 35.1 Å². The zero-order valence-corrected chi connectivity index (χ0v) is 25.7. The highest BCUT2D eigenvalue weighted by molar-refractivity contribution is 8.15. The Morgan fingerprint density at radius 2 is 1.63 bits per heavy atom. The number of alkyl halides is 1. The SMILES string of the molecule is O=S(=O)(O)CCCN1C(=CC2=[N+](CCCS(=O)(=O)O)C3C(CCC4CCCCC43)S2)SC2CCC(Cl)CC21. The Morgan fingerprint density at radius 1 is 0.921 bits per heavy atom. The molecule has 0 aromatic heterocycles. The van der Waals surface area contributed by atoms with Gasteiger partial charge in [0.15, 0.2) is 6.04 Å². The third-order valence-corrected chi connectivity index (χ3v) is 13.9. The lowest BCUT2D eigenvalue weighted by molar-refractivity contribution is -0.572. The first kappa shape index (κ1) is 29.5. The number of rotatable bonds is 9. The van der Waals surface area contributed by atoms with E-state index in [4.69, 9.17) is 11.6 Å². The molecule has 2 N–H and O–H groups in total. The van der Waals surface area contributed by atoms with Crippen LogP contribution in [0.5, 0.6) is 0 Å². The van der Waals surface area contributed by atoms with Crippen molar-refractivity contribution in [3.05, 3.63) is 11.1 Å². The molecule has 2 heterocycles. The van der Waals surface area contributed by atoms with Gasteiger partial charge in [0, 0.05) is 41.6 Å². The highest BCUT2D eigenvalue weighted by Gasteiger charge is 2.52. The van der Waals surface area contributed by atoms with Crippen LogP contribution in [0.1, 0.15) is 70.6 Å². The van der Waals surface area contributed by atoms with Crippen LogP contribution in [0.4, 0.5) is 0 Å². The van der Waals surface area contributed by atoms with E-state index in [1.807, 2.05) is 23.5 Å². The molecule has 8 nitrogen and oxygen atoms in total. The second-order valence-electron chi connectivity index (χ2n) is 11.6. The standard InChI is InChI=1S/C25H39ClN2O6S4/c26-18-8-10-21-20(15-18)27(11-3-13-37(29,30)31)23(35-21)16-24-28(12-4-14-38(32,33)34)25-19-6-2-1-5-17(19)7-9-22(25)36-24/h16-22,25H,1-15H2,(H-,29,30,31,32,33,34)/p+1. The van der Waals surface area contributed by atoms with Gasteiger partial charge < -0.3 is 4.90 Å². The molecule has 216 valence electrons. The Bertz CT molecular complexity index is 1160. The molecular weight excluding hydrogens is 588 g/mol. The van der Waals surface area contributed by atoms with Crippen molar-refractivity contribution in [1.82, 2.24) is 4.90 Å². The molecule has 13 heteroatoms. The fraction of sp³-hybridized carbons (Fsp3) is 0.880. The van der Waals surface area contributed by atoms with Crippen molar-refractivity contribution >= 4 is 60.4 Å². The second-order valence-corrected chi connectivity index (χ2v) is 17.8. The van der Waals surface area contributed by atoms with E-state index in [0.717, 1.165) is 30.2 Å². The summed E-state index contributed by atoms with van der Waals surface area (Å²) in [6, 6.07) is 0.634. The van der Waals surface area contributed by atoms with Gasteiger partial charge in [-0.3, -0.25) is 9.11 Å². The normalized spacial score (nSPS) is 36.9. The smallest absolute Gasteiger partial charge is 0.265 e. The monoisotopic (exact) mass is 627 g/mol. The zero-order valence-electron chi connectivity index (χ0n) is 21.7. The van der Waals surface area contributed by atoms with E-state index in [1.165, 1.54) is 43.6 Å². The Labute approximate surface area is 240 Å². The third-order valence-electron chi connectivity index (χ3n) is 9.02. The Morgan fingerprint density at radius 3 is 2.39 bits per heavy atom. The van der Waals surface area contributed by atoms with Crippen LogP contribution in [-0.2, 0) is 20.2 Å². The Balaban J connectivity index is 1.45. The fourth-order valence-electron chi connectivity index (χ4n) is 7.43. The minimum atomic E-state index is -4.02. The molecule has 4 fully saturated rings. The molecule has 0 aromatic rings. The lowest BCUT2D eigenvalue weighted by Crippen LogP contribution is -2.46. The van der Waals surface area contributed by atoms with Gasteiger partial charge >= 0.3 is 0 Å². The van der Waals surface area contributed by atoms with Crippen molar-refractivity contribution < 1.29 is 30.5 Å². The Kier molecular flexibility index (Phi) is 9.39. The van der Waals surface area contributed by atoms with Gasteiger partial charge in [-0.1, -0.05) is 12.8 Å². The van der Waals surface area contributed by atoms with Crippen LogP contribution in [0, 0.1) is 11.8 Å². The molecule has 0 radical (unpaired) electrons.